The summed E-state index contributed by atoms with van der Waals surface area (Å²) >= 11 is 0. The maximum atomic E-state index is 5.26. The average Bonchev–Trinajstić information content (AvgIpc) is 3.19. The first-order valence-electron chi connectivity index (χ1n) is 11.4. The number of aromatic nitrogens is 3. The van der Waals surface area contributed by atoms with Gasteiger partial charge in [0.25, 0.3) is 0 Å². The maximum Gasteiger partial charge on any atom is 0.194 e. The number of anilines is 1. The first-order valence-corrected chi connectivity index (χ1v) is 11.4. The molecule has 4 rings (SSSR count). The highest BCUT2D eigenvalue weighted by Crippen LogP contribution is 2.16. The van der Waals surface area contributed by atoms with E-state index in [2.05, 4.69) is 67.8 Å². The normalized spacial score (nSPS) is 14.0. The molecule has 2 heterocycles. The van der Waals surface area contributed by atoms with E-state index >= 15 is 0 Å². The lowest BCUT2D eigenvalue weighted by molar-refractivity contribution is 0.371. The van der Waals surface area contributed by atoms with Crippen LogP contribution in [0.5, 0.6) is 5.75 Å². The quantitative estimate of drug-likeness (QED) is 0.265. The highest BCUT2D eigenvalue weighted by molar-refractivity contribution is 14.0. The predicted octanol–water partition coefficient (Wildman–Crippen LogP) is 3.26. The van der Waals surface area contributed by atoms with Gasteiger partial charge in [0, 0.05) is 45.5 Å². The molecule has 0 unspecified atom stereocenters. The lowest BCUT2D eigenvalue weighted by Crippen LogP contribution is -2.52. The molecule has 1 aliphatic rings. The minimum absolute atomic E-state index is 0. The minimum Gasteiger partial charge on any atom is -0.497 e. The van der Waals surface area contributed by atoms with Crippen molar-refractivity contribution in [2.75, 3.05) is 44.7 Å². The Bertz CT molecular complexity index is 1040. The van der Waals surface area contributed by atoms with Gasteiger partial charge in [0.2, 0.25) is 0 Å². The molecular weight excluding hydrogens is 541 g/mol. The van der Waals surface area contributed by atoms with E-state index in [4.69, 9.17) is 9.73 Å². The second-order valence-corrected chi connectivity index (χ2v) is 8.20. The third-order valence-electron chi connectivity index (χ3n) is 6.11. The van der Waals surface area contributed by atoms with Crippen molar-refractivity contribution >= 4 is 35.6 Å². The zero-order valence-electron chi connectivity index (χ0n) is 20.1. The van der Waals surface area contributed by atoms with Crippen molar-refractivity contribution in [3.8, 4) is 5.75 Å². The molecule has 0 atom stereocenters. The first-order chi connectivity index (χ1) is 16.1. The van der Waals surface area contributed by atoms with Crippen LogP contribution in [0.4, 0.5) is 5.69 Å². The van der Waals surface area contributed by atoms with Crippen LogP contribution in [0.1, 0.15) is 17.2 Å². The zero-order chi connectivity index (χ0) is 23.0. The van der Waals surface area contributed by atoms with Gasteiger partial charge < -0.3 is 24.4 Å². The summed E-state index contributed by atoms with van der Waals surface area (Å²) in [4.78, 5) is 9.69. The summed E-state index contributed by atoms with van der Waals surface area (Å²) in [5.41, 5.74) is 2.54. The number of nitrogens with one attached hydrogen (secondary N) is 1. The second-order valence-electron chi connectivity index (χ2n) is 8.20. The molecule has 0 amide bonds. The Balaban J connectivity index is 0.00000324. The Morgan fingerprint density at radius 1 is 1.00 bits per heavy atom. The number of ether oxygens (including phenoxy) is 1. The van der Waals surface area contributed by atoms with Gasteiger partial charge in [-0.05, 0) is 43.2 Å². The number of hydrogen-bond acceptors (Lipinski definition) is 5. The van der Waals surface area contributed by atoms with Gasteiger partial charge in [0.15, 0.2) is 11.8 Å². The van der Waals surface area contributed by atoms with Gasteiger partial charge in [-0.25, -0.2) is 4.99 Å². The van der Waals surface area contributed by atoms with Crippen molar-refractivity contribution in [1.29, 1.82) is 0 Å². The lowest BCUT2D eigenvalue weighted by atomic mass is 10.1. The molecule has 1 fully saturated rings. The fraction of sp³-hybridized carbons (Fsp3) is 0.400. The number of methoxy groups -OCH3 is 1. The monoisotopic (exact) mass is 575 g/mol. The third kappa shape index (κ3) is 6.62. The van der Waals surface area contributed by atoms with E-state index in [-0.39, 0.29) is 24.0 Å². The number of halogens is 1. The number of benzene rings is 2. The number of piperazine rings is 1. The van der Waals surface area contributed by atoms with Crippen LogP contribution < -0.4 is 15.0 Å². The molecule has 3 aromatic rings. The molecule has 182 valence electrons. The molecule has 1 aromatic heterocycles. The van der Waals surface area contributed by atoms with Gasteiger partial charge in [-0.2, -0.15) is 0 Å². The van der Waals surface area contributed by atoms with Crippen molar-refractivity contribution in [3.63, 3.8) is 0 Å². The minimum atomic E-state index is 0. The van der Waals surface area contributed by atoms with Gasteiger partial charge >= 0.3 is 0 Å². The molecule has 8 nitrogen and oxygen atoms in total. The Hall–Kier alpha value is -2.82. The smallest absolute Gasteiger partial charge is 0.194 e. The number of hydrogen-bond donors (Lipinski definition) is 1. The van der Waals surface area contributed by atoms with E-state index in [1.165, 1.54) is 11.3 Å². The Labute approximate surface area is 219 Å². The molecule has 0 spiro atoms. The molecule has 0 saturated carbocycles. The molecule has 2 aromatic carbocycles. The van der Waals surface area contributed by atoms with E-state index in [0.717, 1.165) is 62.5 Å². The topological polar surface area (TPSA) is 70.8 Å². The molecule has 0 bridgehead atoms. The molecule has 9 heteroatoms. The summed E-state index contributed by atoms with van der Waals surface area (Å²) in [6, 6.07) is 18.8. The van der Waals surface area contributed by atoms with Crippen LogP contribution in [-0.2, 0) is 20.0 Å². The number of nitrogens with zero attached hydrogens (tertiary/aromatic N) is 6. The summed E-state index contributed by atoms with van der Waals surface area (Å²) in [6.07, 6.45) is 0.913. The lowest BCUT2D eigenvalue weighted by Gasteiger charge is -2.37. The number of aliphatic imine (C=N–C) groups is 1. The molecule has 0 aliphatic carbocycles. The van der Waals surface area contributed by atoms with E-state index in [0.29, 0.717) is 6.54 Å². The number of guanidine groups is 1. The fourth-order valence-electron chi connectivity index (χ4n) is 3.93. The summed E-state index contributed by atoms with van der Waals surface area (Å²) < 4.78 is 7.25. The van der Waals surface area contributed by atoms with Crippen LogP contribution in [0.3, 0.4) is 0 Å². The van der Waals surface area contributed by atoms with Gasteiger partial charge in [0.05, 0.1) is 7.11 Å². The fourth-order valence-corrected chi connectivity index (χ4v) is 3.93. The van der Waals surface area contributed by atoms with Crippen LogP contribution in [0.15, 0.2) is 59.6 Å². The SMILES string of the molecule is COc1ccc(CCNC(=NCc2nnc(C)n2C)N2CCN(c3ccccc3)CC2)cc1.I. The van der Waals surface area contributed by atoms with Gasteiger partial charge in [-0.1, -0.05) is 30.3 Å². The highest BCUT2D eigenvalue weighted by Gasteiger charge is 2.20. The standard InChI is InChI=1S/C25H33N7O.HI/c1-20-28-29-24(30(20)2)19-27-25(26-14-13-21-9-11-23(33-3)12-10-21)32-17-15-31(16-18-32)22-7-5-4-6-8-22;/h4-12H,13-19H2,1-3H3,(H,26,27);1H. The number of para-hydroxylation sites is 1. The summed E-state index contributed by atoms with van der Waals surface area (Å²) in [5, 5.41) is 12.0. The Morgan fingerprint density at radius 2 is 1.71 bits per heavy atom. The largest absolute Gasteiger partial charge is 0.497 e. The van der Waals surface area contributed by atoms with E-state index in [9.17, 15) is 0 Å². The molecular formula is C25H34IN7O. The highest BCUT2D eigenvalue weighted by atomic mass is 127. The number of aryl methyl sites for hydroxylation is 1. The van der Waals surface area contributed by atoms with Crippen molar-refractivity contribution < 1.29 is 4.74 Å². The predicted molar refractivity (Wildman–Crippen MR) is 147 cm³/mol. The molecule has 34 heavy (non-hydrogen) atoms. The zero-order valence-corrected chi connectivity index (χ0v) is 22.5. The maximum absolute atomic E-state index is 5.26. The van der Waals surface area contributed by atoms with Gasteiger partial charge in [0.1, 0.15) is 18.1 Å². The van der Waals surface area contributed by atoms with Crippen molar-refractivity contribution in [3.05, 3.63) is 71.8 Å². The van der Waals surface area contributed by atoms with Crippen LogP contribution in [0.2, 0.25) is 0 Å². The van der Waals surface area contributed by atoms with Crippen molar-refractivity contribution in [2.24, 2.45) is 12.0 Å². The molecule has 1 N–H and O–H groups in total. The average molecular weight is 575 g/mol. The molecule has 0 radical (unpaired) electrons. The van der Waals surface area contributed by atoms with Crippen molar-refractivity contribution in [1.82, 2.24) is 25.0 Å². The van der Waals surface area contributed by atoms with Gasteiger partial charge in [-0.15, -0.1) is 34.2 Å². The first kappa shape index (κ1) is 25.8. The van der Waals surface area contributed by atoms with Crippen LogP contribution in [0.25, 0.3) is 0 Å². The molecule has 1 saturated heterocycles. The summed E-state index contributed by atoms with van der Waals surface area (Å²) in [7, 11) is 3.67. The van der Waals surface area contributed by atoms with Gasteiger partial charge in [-0.3, -0.25) is 0 Å². The van der Waals surface area contributed by atoms with Crippen LogP contribution >= 0.6 is 24.0 Å². The van der Waals surface area contributed by atoms with Crippen molar-refractivity contribution in [2.45, 2.75) is 19.9 Å². The van der Waals surface area contributed by atoms with E-state index in [1.54, 1.807) is 7.11 Å². The Morgan fingerprint density at radius 3 is 2.32 bits per heavy atom. The Kier molecular flexibility index (Phi) is 9.55. The van der Waals surface area contributed by atoms with Crippen LogP contribution in [0, 0.1) is 6.92 Å². The third-order valence-corrected chi connectivity index (χ3v) is 6.11. The second kappa shape index (κ2) is 12.6. The molecule has 1 aliphatic heterocycles. The van der Waals surface area contributed by atoms with E-state index < -0.39 is 0 Å². The summed E-state index contributed by atoms with van der Waals surface area (Å²) in [5.74, 6) is 3.57. The van der Waals surface area contributed by atoms with Crippen LogP contribution in [-0.4, -0.2) is 65.5 Å². The van der Waals surface area contributed by atoms with E-state index in [1.807, 2.05) is 30.7 Å². The number of rotatable bonds is 7. The summed E-state index contributed by atoms with van der Waals surface area (Å²) in [6.45, 7) is 7.03.